The average Bonchev–Trinajstić information content (AvgIpc) is 2.29. The molecular weight excluding hydrogens is 242 g/mol. The highest BCUT2D eigenvalue weighted by molar-refractivity contribution is 7.89. The molecule has 0 aliphatic carbocycles. The van der Waals surface area contributed by atoms with E-state index in [9.17, 15) is 13.2 Å². The van der Waals surface area contributed by atoms with Crippen LogP contribution in [0, 0.1) is 0 Å². The fraction of sp³-hybridized carbons (Fsp3) is 0.364. The normalized spacial score (nSPS) is 11.5. The first kappa shape index (κ1) is 13.7. The summed E-state index contributed by atoms with van der Waals surface area (Å²) in [5, 5.41) is 0. The van der Waals surface area contributed by atoms with Crippen LogP contribution in [-0.2, 0) is 14.8 Å². The lowest BCUT2D eigenvalue weighted by molar-refractivity contribution is 0.0526. The number of hydrogen-bond donors (Lipinski definition) is 0. The second-order valence-electron chi connectivity index (χ2n) is 3.54. The molecule has 0 aliphatic rings. The van der Waals surface area contributed by atoms with E-state index in [0.717, 1.165) is 4.31 Å². The highest BCUT2D eigenvalue weighted by Crippen LogP contribution is 2.15. The molecule has 0 saturated carbocycles. The minimum absolute atomic E-state index is 0.0769. The van der Waals surface area contributed by atoms with Gasteiger partial charge in [-0.25, -0.2) is 17.5 Å². The third-order valence-electron chi connectivity index (χ3n) is 2.12. The topological polar surface area (TPSA) is 63.7 Å². The van der Waals surface area contributed by atoms with Crippen LogP contribution in [0.1, 0.15) is 17.3 Å². The predicted octanol–water partition coefficient (Wildman–Crippen LogP) is 1.11. The minimum atomic E-state index is -3.52. The van der Waals surface area contributed by atoms with Crippen molar-refractivity contribution in [3.8, 4) is 0 Å². The Morgan fingerprint density at radius 3 is 2.53 bits per heavy atom. The van der Waals surface area contributed by atoms with Crippen molar-refractivity contribution in [1.82, 2.24) is 4.31 Å². The smallest absolute Gasteiger partial charge is 0.338 e. The summed E-state index contributed by atoms with van der Waals surface area (Å²) in [5.41, 5.74) is 0.231. The Hall–Kier alpha value is -1.40. The van der Waals surface area contributed by atoms with Crippen LogP contribution in [0.15, 0.2) is 29.2 Å². The number of hydrogen-bond acceptors (Lipinski definition) is 4. The molecule has 0 aromatic heterocycles. The largest absolute Gasteiger partial charge is 0.462 e. The first-order valence-corrected chi connectivity index (χ1v) is 6.53. The summed E-state index contributed by atoms with van der Waals surface area (Å²) in [6, 6.07) is 5.79. The van der Waals surface area contributed by atoms with Crippen LogP contribution in [-0.4, -0.2) is 39.4 Å². The van der Waals surface area contributed by atoms with E-state index in [-0.39, 0.29) is 17.1 Å². The number of carbonyl (C=O) groups is 1. The molecule has 1 aromatic rings. The summed E-state index contributed by atoms with van der Waals surface area (Å²) in [5.74, 6) is -0.525. The molecule has 0 heterocycles. The molecule has 0 amide bonds. The van der Waals surface area contributed by atoms with Crippen LogP contribution in [0.5, 0.6) is 0 Å². The molecule has 0 atom stereocenters. The number of ether oxygens (including phenoxy) is 1. The Labute approximate surface area is 101 Å². The van der Waals surface area contributed by atoms with Crippen molar-refractivity contribution in [3.05, 3.63) is 29.8 Å². The Balaban J connectivity index is 3.14. The molecule has 0 radical (unpaired) electrons. The molecule has 6 heteroatoms. The van der Waals surface area contributed by atoms with Crippen LogP contribution in [0.4, 0.5) is 0 Å². The summed E-state index contributed by atoms with van der Waals surface area (Å²) in [7, 11) is -0.649. The zero-order chi connectivity index (χ0) is 13.1. The van der Waals surface area contributed by atoms with E-state index in [1.165, 1.54) is 38.4 Å². The fourth-order valence-corrected chi connectivity index (χ4v) is 2.16. The van der Waals surface area contributed by atoms with E-state index in [1.807, 2.05) is 0 Å². The Bertz CT molecular complexity index is 508. The fourth-order valence-electron chi connectivity index (χ4n) is 1.21. The van der Waals surface area contributed by atoms with Gasteiger partial charge in [0.15, 0.2) is 0 Å². The molecule has 1 rings (SSSR count). The van der Waals surface area contributed by atoms with Gasteiger partial charge in [0.05, 0.1) is 17.1 Å². The van der Waals surface area contributed by atoms with E-state index in [2.05, 4.69) is 0 Å². The zero-order valence-electron chi connectivity index (χ0n) is 10.0. The molecule has 0 fully saturated rings. The number of benzene rings is 1. The minimum Gasteiger partial charge on any atom is -0.462 e. The van der Waals surface area contributed by atoms with Gasteiger partial charge in [0.1, 0.15) is 0 Å². The summed E-state index contributed by atoms with van der Waals surface area (Å²) < 4.78 is 29.6. The standard InChI is InChI=1S/C11H15NO4S/c1-4-16-11(13)9-6-5-7-10(8-9)17(14,15)12(2)3/h5-8H,4H2,1-3H3. The summed E-state index contributed by atoms with van der Waals surface area (Å²) in [4.78, 5) is 11.5. The summed E-state index contributed by atoms with van der Waals surface area (Å²) >= 11 is 0. The molecule has 0 bridgehead atoms. The van der Waals surface area contributed by atoms with Crippen LogP contribution in [0.25, 0.3) is 0 Å². The quantitative estimate of drug-likeness (QED) is 0.758. The van der Waals surface area contributed by atoms with Crippen molar-refractivity contribution >= 4 is 16.0 Å². The SMILES string of the molecule is CCOC(=O)c1cccc(S(=O)(=O)N(C)C)c1. The number of carbonyl (C=O) groups excluding carboxylic acids is 1. The average molecular weight is 257 g/mol. The number of nitrogens with zero attached hydrogens (tertiary/aromatic N) is 1. The third kappa shape index (κ3) is 3.04. The van der Waals surface area contributed by atoms with Crippen molar-refractivity contribution in [2.75, 3.05) is 20.7 Å². The van der Waals surface area contributed by atoms with Gasteiger partial charge in [-0.15, -0.1) is 0 Å². The molecule has 0 N–H and O–H groups in total. The van der Waals surface area contributed by atoms with Crippen molar-refractivity contribution < 1.29 is 17.9 Å². The molecule has 0 saturated heterocycles. The highest BCUT2D eigenvalue weighted by atomic mass is 32.2. The number of sulfonamides is 1. The van der Waals surface area contributed by atoms with Crippen molar-refractivity contribution in [1.29, 1.82) is 0 Å². The Kier molecular flexibility index (Phi) is 4.25. The van der Waals surface area contributed by atoms with Gasteiger partial charge in [0.25, 0.3) is 0 Å². The Morgan fingerprint density at radius 2 is 2.00 bits per heavy atom. The second-order valence-corrected chi connectivity index (χ2v) is 5.69. The van der Waals surface area contributed by atoms with Gasteiger partial charge in [-0.1, -0.05) is 6.07 Å². The van der Waals surface area contributed by atoms with Gasteiger partial charge in [0, 0.05) is 14.1 Å². The van der Waals surface area contributed by atoms with E-state index in [0.29, 0.717) is 0 Å². The van der Waals surface area contributed by atoms with Crippen molar-refractivity contribution in [2.24, 2.45) is 0 Å². The molecule has 5 nitrogen and oxygen atoms in total. The monoisotopic (exact) mass is 257 g/mol. The molecule has 0 unspecified atom stereocenters. The van der Waals surface area contributed by atoms with Gasteiger partial charge < -0.3 is 4.74 Å². The van der Waals surface area contributed by atoms with Gasteiger partial charge in [-0.3, -0.25) is 0 Å². The van der Waals surface area contributed by atoms with Gasteiger partial charge in [-0.05, 0) is 25.1 Å². The van der Waals surface area contributed by atoms with Crippen LogP contribution >= 0.6 is 0 Å². The van der Waals surface area contributed by atoms with Gasteiger partial charge in [-0.2, -0.15) is 0 Å². The number of rotatable bonds is 4. The maximum atomic E-state index is 11.8. The maximum Gasteiger partial charge on any atom is 0.338 e. The van der Waals surface area contributed by atoms with E-state index in [1.54, 1.807) is 6.92 Å². The molecule has 1 aromatic carbocycles. The third-order valence-corrected chi connectivity index (χ3v) is 3.93. The maximum absolute atomic E-state index is 11.8. The highest BCUT2D eigenvalue weighted by Gasteiger charge is 2.18. The first-order valence-electron chi connectivity index (χ1n) is 5.09. The first-order chi connectivity index (χ1) is 7.89. The van der Waals surface area contributed by atoms with Crippen LogP contribution in [0.2, 0.25) is 0 Å². The molecule has 94 valence electrons. The van der Waals surface area contributed by atoms with Gasteiger partial charge >= 0.3 is 5.97 Å². The number of esters is 1. The van der Waals surface area contributed by atoms with E-state index < -0.39 is 16.0 Å². The summed E-state index contributed by atoms with van der Waals surface area (Å²) in [6.07, 6.45) is 0. The lowest BCUT2D eigenvalue weighted by Gasteiger charge is -2.11. The second kappa shape index (κ2) is 5.29. The lowest BCUT2D eigenvalue weighted by atomic mass is 10.2. The van der Waals surface area contributed by atoms with Crippen LogP contribution in [0.3, 0.4) is 0 Å². The molecule has 0 spiro atoms. The van der Waals surface area contributed by atoms with Gasteiger partial charge in [0.2, 0.25) is 10.0 Å². The van der Waals surface area contributed by atoms with E-state index >= 15 is 0 Å². The molecule has 0 aliphatic heterocycles. The molecule has 17 heavy (non-hydrogen) atoms. The molecular formula is C11H15NO4S. The Morgan fingerprint density at radius 1 is 1.35 bits per heavy atom. The lowest BCUT2D eigenvalue weighted by Crippen LogP contribution is -2.22. The predicted molar refractivity (Wildman–Crippen MR) is 63.3 cm³/mol. The van der Waals surface area contributed by atoms with E-state index in [4.69, 9.17) is 4.74 Å². The van der Waals surface area contributed by atoms with Crippen molar-refractivity contribution in [2.45, 2.75) is 11.8 Å². The van der Waals surface area contributed by atoms with Crippen molar-refractivity contribution in [3.63, 3.8) is 0 Å². The van der Waals surface area contributed by atoms with Crippen LogP contribution < -0.4 is 0 Å². The zero-order valence-corrected chi connectivity index (χ0v) is 10.8. The summed E-state index contributed by atoms with van der Waals surface area (Å²) in [6.45, 7) is 1.95.